The highest BCUT2D eigenvalue weighted by atomic mass is 14.9. The van der Waals surface area contributed by atoms with Crippen molar-refractivity contribution in [3.63, 3.8) is 0 Å². The molecule has 2 rings (SSSR count). The minimum absolute atomic E-state index is 1.10. The maximum Gasteiger partial charge on any atom is 0.0144 e. The second kappa shape index (κ2) is 9.13. The molecule has 0 spiro atoms. The van der Waals surface area contributed by atoms with E-state index in [0.29, 0.717) is 0 Å². The predicted molar refractivity (Wildman–Crippen MR) is 66.9 cm³/mol. The molecule has 0 aliphatic carbocycles. The van der Waals surface area contributed by atoms with Gasteiger partial charge in [-0.2, -0.15) is 0 Å². The minimum Gasteiger partial charge on any atom is -0.365 e. The van der Waals surface area contributed by atoms with Crippen molar-refractivity contribution in [3.05, 3.63) is 48.5 Å². The molecule has 0 aliphatic heterocycles. The zero-order valence-electron chi connectivity index (χ0n) is 10.2. The monoisotopic (exact) mass is 206 g/mol. The molecule has 2 heterocycles. The second-order valence-electron chi connectivity index (χ2n) is 2.90. The largest absolute Gasteiger partial charge is 0.365 e. The highest BCUT2D eigenvalue weighted by molar-refractivity contribution is 5.02. The van der Waals surface area contributed by atoms with Crippen molar-refractivity contribution in [3.8, 4) is 0 Å². The van der Waals surface area contributed by atoms with Crippen molar-refractivity contribution in [1.82, 2.24) is 9.55 Å². The van der Waals surface area contributed by atoms with Crippen LogP contribution in [0.3, 0.4) is 0 Å². The predicted octanol–water partition coefficient (Wildman–Crippen LogP) is 3.63. The van der Waals surface area contributed by atoms with Gasteiger partial charge in [0.2, 0.25) is 0 Å². The van der Waals surface area contributed by atoms with Crippen LogP contribution < -0.4 is 0 Å². The maximum absolute atomic E-state index is 3.09. The molecule has 2 heteroatoms. The first-order valence-corrected chi connectivity index (χ1v) is 5.52. The van der Waals surface area contributed by atoms with E-state index in [4.69, 9.17) is 0 Å². The number of hydrogen-bond acceptors (Lipinski definition) is 0. The van der Waals surface area contributed by atoms with E-state index in [9.17, 15) is 0 Å². The summed E-state index contributed by atoms with van der Waals surface area (Å²) in [5.41, 5.74) is 1.31. The van der Waals surface area contributed by atoms with Crippen LogP contribution in [0.1, 0.15) is 26.5 Å². The molecule has 0 amide bonds. The van der Waals surface area contributed by atoms with Crippen LogP contribution in [-0.2, 0) is 13.5 Å². The third-order valence-corrected chi connectivity index (χ3v) is 1.80. The lowest BCUT2D eigenvalue weighted by molar-refractivity contribution is 0.928. The van der Waals surface area contributed by atoms with Crippen LogP contribution in [0, 0.1) is 0 Å². The fourth-order valence-electron chi connectivity index (χ4n) is 1.01. The Balaban J connectivity index is 0.000000227. The van der Waals surface area contributed by atoms with E-state index < -0.39 is 0 Å². The molecular formula is C13H22N2. The van der Waals surface area contributed by atoms with Gasteiger partial charge in [0.1, 0.15) is 0 Å². The van der Waals surface area contributed by atoms with E-state index in [1.165, 1.54) is 5.69 Å². The molecule has 0 fully saturated rings. The molecule has 2 nitrogen and oxygen atoms in total. The summed E-state index contributed by atoms with van der Waals surface area (Å²) in [5.74, 6) is 0. The molecular weight excluding hydrogens is 184 g/mol. The quantitative estimate of drug-likeness (QED) is 0.735. The van der Waals surface area contributed by atoms with Crippen molar-refractivity contribution >= 4 is 0 Å². The molecule has 0 unspecified atom stereocenters. The summed E-state index contributed by atoms with van der Waals surface area (Å²) >= 11 is 0. The Hall–Kier alpha value is -1.44. The molecule has 0 atom stereocenters. The fraction of sp³-hybridized carbons (Fsp3) is 0.385. The summed E-state index contributed by atoms with van der Waals surface area (Å²) < 4.78 is 2.00. The van der Waals surface area contributed by atoms with E-state index in [0.717, 1.165) is 6.42 Å². The molecule has 1 N–H and O–H groups in total. The summed E-state index contributed by atoms with van der Waals surface area (Å²) in [6, 6.07) is 8.10. The van der Waals surface area contributed by atoms with E-state index in [1.54, 1.807) is 0 Å². The van der Waals surface area contributed by atoms with Crippen LogP contribution in [0.15, 0.2) is 42.9 Å². The first kappa shape index (κ1) is 13.6. The van der Waals surface area contributed by atoms with Crippen molar-refractivity contribution in [2.75, 3.05) is 0 Å². The Labute approximate surface area is 93.0 Å². The lowest BCUT2D eigenvalue weighted by Gasteiger charge is -1.81. The summed E-state index contributed by atoms with van der Waals surface area (Å²) in [6.45, 7) is 6.13. The van der Waals surface area contributed by atoms with Crippen molar-refractivity contribution in [2.24, 2.45) is 7.05 Å². The number of rotatable bonds is 1. The van der Waals surface area contributed by atoms with E-state index in [2.05, 4.69) is 18.0 Å². The topological polar surface area (TPSA) is 20.7 Å². The molecule has 0 radical (unpaired) electrons. The Morgan fingerprint density at radius 1 is 1.13 bits per heavy atom. The first-order chi connectivity index (χ1) is 7.33. The average molecular weight is 206 g/mol. The van der Waals surface area contributed by atoms with E-state index >= 15 is 0 Å². The number of nitrogens with one attached hydrogen (secondary N) is 1. The molecule has 0 aromatic carbocycles. The van der Waals surface area contributed by atoms with Gasteiger partial charge in [0.15, 0.2) is 0 Å². The van der Waals surface area contributed by atoms with Gasteiger partial charge in [0.05, 0.1) is 0 Å². The molecule has 0 bridgehead atoms. The summed E-state index contributed by atoms with van der Waals surface area (Å²) in [7, 11) is 2.00. The zero-order chi connectivity index (χ0) is 11.5. The van der Waals surface area contributed by atoms with Crippen LogP contribution >= 0.6 is 0 Å². The van der Waals surface area contributed by atoms with Gasteiger partial charge >= 0.3 is 0 Å². The van der Waals surface area contributed by atoms with Crippen molar-refractivity contribution in [2.45, 2.75) is 27.2 Å². The van der Waals surface area contributed by atoms with Gasteiger partial charge in [-0.15, -0.1) is 0 Å². The summed E-state index contributed by atoms with van der Waals surface area (Å²) in [5, 5.41) is 0. The Bertz CT molecular complexity index is 293. The van der Waals surface area contributed by atoms with Gasteiger partial charge in [-0.05, 0) is 30.7 Å². The number of hydrogen-bond donors (Lipinski definition) is 1. The Morgan fingerprint density at radius 2 is 1.73 bits per heavy atom. The average Bonchev–Trinajstić information content (AvgIpc) is 2.93. The van der Waals surface area contributed by atoms with Gasteiger partial charge in [-0.25, -0.2) is 0 Å². The normalized spacial score (nSPS) is 8.27. The van der Waals surface area contributed by atoms with Crippen LogP contribution in [0.5, 0.6) is 0 Å². The van der Waals surface area contributed by atoms with Gasteiger partial charge in [0.25, 0.3) is 0 Å². The highest BCUT2D eigenvalue weighted by Gasteiger charge is 1.80. The first-order valence-electron chi connectivity index (χ1n) is 5.52. The zero-order valence-corrected chi connectivity index (χ0v) is 10.2. The van der Waals surface area contributed by atoms with Crippen molar-refractivity contribution < 1.29 is 0 Å². The van der Waals surface area contributed by atoms with Crippen LogP contribution in [0.25, 0.3) is 0 Å². The summed E-state index contributed by atoms with van der Waals surface area (Å²) in [4.78, 5) is 3.09. The molecule has 84 valence electrons. The number of aromatic nitrogens is 2. The summed E-state index contributed by atoms with van der Waals surface area (Å²) in [6.07, 6.45) is 7.05. The Kier molecular flexibility index (Phi) is 8.25. The fourth-order valence-corrected chi connectivity index (χ4v) is 1.01. The molecule has 0 aliphatic rings. The maximum atomic E-state index is 3.09. The number of nitrogens with zero attached hydrogens (tertiary/aromatic N) is 1. The van der Waals surface area contributed by atoms with Gasteiger partial charge in [-0.1, -0.05) is 20.8 Å². The van der Waals surface area contributed by atoms with Crippen LogP contribution in [0.2, 0.25) is 0 Å². The number of aryl methyl sites for hydroxylation is 2. The lowest BCUT2D eigenvalue weighted by atomic mass is 10.4. The van der Waals surface area contributed by atoms with Gasteiger partial charge in [0, 0.05) is 31.3 Å². The molecule has 2 aromatic rings. The second-order valence-corrected chi connectivity index (χ2v) is 2.90. The van der Waals surface area contributed by atoms with Crippen LogP contribution in [0.4, 0.5) is 0 Å². The lowest BCUT2D eigenvalue weighted by Crippen LogP contribution is -1.75. The molecule has 0 saturated carbocycles. The third kappa shape index (κ3) is 6.61. The van der Waals surface area contributed by atoms with Gasteiger partial charge in [-0.3, -0.25) is 0 Å². The number of H-pyrrole nitrogens is 1. The molecule has 2 aromatic heterocycles. The smallest absolute Gasteiger partial charge is 0.0144 e. The number of aromatic amines is 1. The van der Waals surface area contributed by atoms with Crippen LogP contribution in [-0.4, -0.2) is 9.55 Å². The standard InChI is InChI=1S/C6H9N.C5H7N.C2H6/c1-2-6-4-3-5-7-6;1-6-4-2-3-5-6;1-2/h3-5,7H,2H2,1H3;2-5H,1H3;1-2H3. The van der Waals surface area contributed by atoms with E-state index in [-0.39, 0.29) is 0 Å². The van der Waals surface area contributed by atoms with Gasteiger partial charge < -0.3 is 9.55 Å². The highest BCUT2D eigenvalue weighted by Crippen LogP contribution is 1.92. The molecule has 15 heavy (non-hydrogen) atoms. The Morgan fingerprint density at radius 3 is 1.93 bits per heavy atom. The SMILES string of the molecule is CC.CCc1ccc[nH]1.Cn1cccc1. The third-order valence-electron chi connectivity index (χ3n) is 1.80. The van der Waals surface area contributed by atoms with Crippen molar-refractivity contribution in [1.29, 1.82) is 0 Å². The molecule has 0 saturated heterocycles. The minimum atomic E-state index is 1.10. The van der Waals surface area contributed by atoms with E-state index in [1.807, 2.05) is 62.3 Å².